The van der Waals surface area contributed by atoms with Crippen LogP contribution in [-0.2, 0) is 12.8 Å². The molecule has 0 saturated heterocycles. The van der Waals surface area contributed by atoms with Crippen LogP contribution in [0.2, 0.25) is 0 Å². The molecule has 0 amide bonds. The second-order valence-corrected chi connectivity index (χ2v) is 5.51. The first-order valence-electron chi connectivity index (χ1n) is 8.05. The highest BCUT2D eigenvalue weighted by Gasteiger charge is 1.96. The Bertz CT molecular complexity index is 302. The van der Waals surface area contributed by atoms with Crippen LogP contribution in [0.3, 0.4) is 0 Å². The zero-order valence-electron chi connectivity index (χ0n) is 12.5. The smallest absolute Gasteiger partial charge is 0.0434 e. The van der Waals surface area contributed by atoms with Gasteiger partial charge < -0.3 is 5.11 Å². The van der Waals surface area contributed by atoms with E-state index in [1.165, 1.54) is 62.5 Å². The third-order valence-electron chi connectivity index (χ3n) is 3.72. The van der Waals surface area contributed by atoms with Crippen LogP contribution < -0.4 is 0 Å². The molecule has 1 nitrogen and oxygen atoms in total. The number of aryl methyl sites for hydroxylation is 2. The van der Waals surface area contributed by atoms with E-state index in [2.05, 4.69) is 31.2 Å². The van der Waals surface area contributed by atoms with E-state index in [-0.39, 0.29) is 0 Å². The average molecular weight is 262 g/mol. The lowest BCUT2D eigenvalue weighted by molar-refractivity contribution is 0.288. The lowest BCUT2D eigenvalue weighted by Crippen LogP contribution is -1.91. The van der Waals surface area contributed by atoms with Crippen molar-refractivity contribution in [2.75, 3.05) is 6.61 Å². The molecule has 1 N–H and O–H groups in total. The lowest BCUT2D eigenvalue weighted by atomic mass is 10.0. The van der Waals surface area contributed by atoms with Gasteiger partial charge in [-0.05, 0) is 36.8 Å². The fourth-order valence-corrected chi connectivity index (χ4v) is 2.44. The molecule has 0 unspecified atom stereocenters. The van der Waals surface area contributed by atoms with Gasteiger partial charge in [-0.1, -0.05) is 69.7 Å². The SMILES string of the molecule is CCCCCCCCCc1ccc(CCCO)cc1. The molecule has 1 aromatic rings. The number of aliphatic hydroxyl groups excluding tert-OH is 1. The van der Waals surface area contributed by atoms with Crippen LogP contribution in [0.25, 0.3) is 0 Å². The first-order chi connectivity index (χ1) is 9.36. The maximum Gasteiger partial charge on any atom is 0.0434 e. The van der Waals surface area contributed by atoms with Crippen molar-refractivity contribution in [3.63, 3.8) is 0 Å². The zero-order valence-corrected chi connectivity index (χ0v) is 12.5. The number of aliphatic hydroxyl groups is 1. The second-order valence-electron chi connectivity index (χ2n) is 5.51. The number of hydrogen-bond acceptors (Lipinski definition) is 1. The summed E-state index contributed by atoms with van der Waals surface area (Å²) in [4.78, 5) is 0. The molecule has 0 spiro atoms. The lowest BCUT2D eigenvalue weighted by Gasteiger charge is -2.04. The van der Waals surface area contributed by atoms with E-state index in [0.717, 1.165) is 12.8 Å². The molecule has 1 heteroatoms. The summed E-state index contributed by atoms with van der Waals surface area (Å²) < 4.78 is 0. The predicted molar refractivity (Wildman–Crippen MR) is 83.5 cm³/mol. The minimum absolute atomic E-state index is 0.291. The van der Waals surface area contributed by atoms with Crippen molar-refractivity contribution in [1.29, 1.82) is 0 Å². The van der Waals surface area contributed by atoms with Crippen molar-refractivity contribution >= 4 is 0 Å². The van der Waals surface area contributed by atoms with E-state index in [9.17, 15) is 0 Å². The summed E-state index contributed by atoms with van der Waals surface area (Å²) in [7, 11) is 0. The summed E-state index contributed by atoms with van der Waals surface area (Å²) in [6, 6.07) is 8.94. The van der Waals surface area contributed by atoms with Gasteiger partial charge in [0.1, 0.15) is 0 Å². The monoisotopic (exact) mass is 262 g/mol. The zero-order chi connectivity index (χ0) is 13.8. The molecule has 0 bridgehead atoms. The largest absolute Gasteiger partial charge is 0.396 e. The molecular formula is C18H30O. The third-order valence-corrected chi connectivity index (χ3v) is 3.72. The van der Waals surface area contributed by atoms with Crippen LogP contribution in [-0.4, -0.2) is 11.7 Å². The normalized spacial score (nSPS) is 10.8. The van der Waals surface area contributed by atoms with Gasteiger partial charge in [0.2, 0.25) is 0 Å². The Morgan fingerprint density at radius 3 is 1.68 bits per heavy atom. The Balaban J connectivity index is 2.09. The van der Waals surface area contributed by atoms with Gasteiger partial charge in [-0.25, -0.2) is 0 Å². The fourth-order valence-electron chi connectivity index (χ4n) is 2.44. The highest BCUT2D eigenvalue weighted by molar-refractivity contribution is 5.22. The van der Waals surface area contributed by atoms with Gasteiger partial charge in [0.05, 0.1) is 0 Å². The van der Waals surface area contributed by atoms with Crippen molar-refractivity contribution in [3.8, 4) is 0 Å². The number of rotatable bonds is 11. The average Bonchev–Trinajstić information content (AvgIpc) is 2.45. The summed E-state index contributed by atoms with van der Waals surface area (Å²) in [5.74, 6) is 0. The number of unbranched alkanes of at least 4 members (excludes halogenated alkanes) is 6. The van der Waals surface area contributed by atoms with Gasteiger partial charge >= 0.3 is 0 Å². The van der Waals surface area contributed by atoms with Crippen molar-refractivity contribution in [1.82, 2.24) is 0 Å². The van der Waals surface area contributed by atoms with E-state index in [1.807, 2.05) is 0 Å². The molecule has 1 rings (SSSR count). The Hall–Kier alpha value is -0.820. The molecular weight excluding hydrogens is 232 g/mol. The van der Waals surface area contributed by atoms with E-state index >= 15 is 0 Å². The number of hydrogen-bond donors (Lipinski definition) is 1. The molecule has 0 saturated carbocycles. The molecule has 0 radical (unpaired) electrons. The Kier molecular flexibility index (Phi) is 9.44. The van der Waals surface area contributed by atoms with E-state index < -0.39 is 0 Å². The highest BCUT2D eigenvalue weighted by Crippen LogP contribution is 2.12. The van der Waals surface area contributed by atoms with Crippen LogP contribution in [0, 0.1) is 0 Å². The molecule has 0 aliphatic carbocycles. The van der Waals surface area contributed by atoms with Crippen molar-refractivity contribution in [3.05, 3.63) is 35.4 Å². The molecule has 0 fully saturated rings. The summed E-state index contributed by atoms with van der Waals surface area (Å²) in [6.45, 7) is 2.56. The summed E-state index contributed by atoms with van der Waals surface area (Å²) in [6.07, 6.45) is 12.7. The van der Waals surface area contributed by atoms with Gasteiger partial charge in [-0.3, -0.25) is 0 Å². The minimum Gasteiger partial charge on any atom is -0.396 e. The first kappa shape index (κ1) is 16.2. The summed E-state index contributed by atoms with van der Waals surface area (Å²) in [5.41, 5.74) is 2.80. The van der Waals surface area contributed by atoms with Crippen LogP contribution in [0.1, 0.15) is 69.4 Å². The van der Waals surface area contributed by atoms with Gasteiger partial charge in [0, 0.05) is 6.61 Å². The van der Waals surface area contributed by atoms with Gasteiger partial charge in [0.25, 0.3) is 0 Å². The van der Waals surface area contributed by atoms with Gasteiger partial charge in [-0.15, -0.1) is 0 Å². The Morgan fingerprint density at radius 2 is 1.16 bits per heavy atom. The first-order valence-corrected chi connectivity index (χ1v) is 8.05. The van der Waals surface area contributed by atoms with Crippen molar-refractivity contribution in [2.24, 2.45) is 0 Å². The third kappa shape index (κ3) is 8.05. The topological polar surface area (TPSA) is 20.2 Å². The predicted octanol–water partition coefficient (Wildman–Crippen LogP) is 4.90. The second kappa shape index (κ2) is 11.0. The summed E-state index contributed by atoms with van der Waals surface area (Å²) >= 11 is 0. The van der Waals surface area contributed by atoms with E-state index in [4.69, 9.17) is 5.11 Å². The highest BCUT2D eigenvalue weighted by atomic mass is 16.2. The van der Waals surface area contributed by atoms with Gasteiger partial charge in [0.15, 0.2) is 0 Å². The maximum absolute atomic E-state index is 8.80. The van der Waals surface area contributed by atoms with Gasteiger partial charge in [-0.2, -0.15) is 0 Å². The van der Waals surface area contributed by atoms with Crippen LogP contribution in [0.5, 0.6) is 0 Å². The standard InChI is InChI=1S/C18H30O/c1-2-3-4-5-6-7-8-10-17-12-14-18(15-13-17)11-9-16-19/h12-15,19H,2-11,16H2,1H3. The molecule has 0 heterocycles. The van der Waals surface area contributed by atoms with Crippen LogP contribution >= 0.6 is 0 Å². The molecule has 0 atom stereocenters. The van der Waals surface area contributed by atoms with Crippen molar-refractivity contribution in [2.45, 2.75) is 71.1 Å². The Labute approximate surface area is 119 Å². The molecule has 0 aromatic heterocycles. The molecule has 0 aliphatic heterocycles. The Morgan fingerprint density at radius 1 is 0.684 bits per heavy atom. The fraction of sp³-hybridized carbons (Fsp3) is 0.667. The molecule has 1 aromatic carbocycles. The molecule has 0 aliphatic rings. The minimum atomic E-state index is 0.291. The summed E-state index contributed by atoms with van der Waals surface area (Å²) in [5, 5.41) is 8.80. The van der Waals surface area contributed by atoms with Crippen LogP contribution in [0.4, 0.5) is 0 Å². The quantitative estimate of drug-likeness (QED) is 0.562. The maximum atomic E-state index is 8.80. The molecule has 19 heavy (non-hydrogen) atoms. The van der Waals surface area contributed by atoms with E-state index in [1.54, 1.807) is 0 Å². The van der Waals surface area contributed by atoms with Crippen molar-refractivity contribution < 1.29 is 5.11 Å². The number of benzene rings is 1. The van der Waals surface area contributed by atoms with Crippen LogP contribution in [0.15, 0.2) is 24.3 Å². The molecule has 108 valence electrons. The van der Waals surface area contributed by atoms with E-state index in [0.29, 0.717) is 6.61 Å².